The van der Waals surface area contributed by atoms with Gasteiger partial charge in [0, 0.05) is 24.2 Å². The number of carbonyl (C=O) groups is 2. The quantitative estimate of drug-likeness (QED) is 0.617. The van der Waals surface area contributed by atoms with Crippen LogP contribution in [0.2, 0.25) is 0 Å². The molecule has 1 aliphatic carbocycles. The van der Waals surface area contributed by atoms with Gasteiger partial charge in [-0.05, 0) is 44.0 Å². The van der Waals surface area contributed by atoms with Crippen LogP contribution in [0.1, 0.15) is 43.1 Å². The molecule has 1 atom stereocenters. The number of anilines is 1. The van der Waals surface area contributed by atoms with Gasteiger partial charge in [0.15, 0.2) is 10.9 Å². The molecule has 1 heterocycles. The van der Waals surface area contributed by atoms with Crippen molar-refractivity contribution >= 4 is 29.1 Å². The SMILES string of the molecule is CC(=O)Nc1ccc(C(=O)C(C)Sc2n[nH]c(=O)n2C2CC2)cc1. The number of carbonyl (C=O) groups excluding carboxylic acids is 2. The Morgan fingerprint density at radius 3 is 2.58 bits per heavy atom. The Bertz CT molecular complexity index is 821. The van der Waals surface area contributed by atoms with Gasteiger partial charge in [0.2, 0.25) is 5.91 Å². The minimum atomic E-state index is -0.371. The lowest BCUT2D eigenvalue weighted by Crippen LogP contribution is -2.18. The van der Waals surface area contributed by atoms with Gasteiger partial charge >= 0.3 is 5.69 Å². The highest BCUT2D eigenvalue weighted by Crippen LogP contribution is 2.37. The van der Waals surface area contributed by atoms with E-state index >= 15 is 0 Å². The van der Waals surface area contributed by atoms with Crippen molar-refractivity contribution in [2.24, 2.45) is 0 Å². The largest absolute Gasteiger partial charge is 0.344 e. The number of H-pyrrole nitrogens is 1. The Balaban J connectivity index is 1.70. The molecule has 7 nitrogen and oxygen atoms in total. The Labute approximate surface area is 142 Å². The minimum Gasteiger partial charge on any atom is -0.326 e. The molecule has 0 bridgehead atoms. The number of hydrogen-bond donors (Lipinski definition) is 2. The maximum Gasteiger partial charge on any atom is 0.344 e. The third kappa shape index (κ3) is 3.59. The number of ketones is 1. The second-order valence-electron chi connectivity index (χ2n) is 5.80. The van der Waals surface area contributed by atoms with Crippen LogP contribution in [0, 0.1) is 0 Å². The number of nitrogens with zero attached hydrogens (tertiary/aromatic N) is 2. The highest BCUT2D eigenvalue weighted by atomic mass is 32.2. The first-order valence-corrected chi connectivity index (χ1v) is 8.59. The van der Waals surface area contributed by atoms with Crippen molar-refractivity contribution in [3.63, 3.8) is 0 Å². The van der Waals surface area contributed by atoms with Gasteiger partial charge in [-0.25, -0.2) is 9.89 Å². The fourth-order valence-corrected chi connectivity index (χ4v) is 3.40. The average molecular weight is 346 g/mol. The molecule has 0 spiro atoms. The second-order valence-corrected chi connectivity index (χ2v) is 7.10. The Hall–Kier alpha value is -2.35. The van der Waals surface area contributed by atoms with E-state index in [1.165, 1.54) is 18.7 Å². The molecule has 3 rings (SSSR count). The van der Waals surface area contributed by atoms with Gasteiger partial charge in [-0.3, -0.25) is 14.2 Å². The van der Waals surface area contributed by atoms with Crippen LogP contribution < -0.4 is 11.0 Å². The number of rotatable bonds is 6. The number of thioether (sulfide) groups is 1. The maximum absolute atomic E-state index is 12.6. The van der Waals surface area contributed by atoms with Crippen LogP contribution in [-0.2, 0) is 4.79 Å². The van der Waals surface area contributed by atoms with Crippen molar-refractivity contribution < 1.29 is 9.59 Å². The summed E-state index contributed by atoms with van der Waals surface area (Å²) in [6.45, 7) is 3.23. The van der Waals surface area contributed by atoms with Gasteiger partial charge in [-0.2, -0.15) is 0 Å². The standard InChI is InChI=1S/C16H18N4O3S/c1-9(24-16-19-18-15(23)20(16)13-7-8-13)14(22)11-3-5-12(6-4-11)17-10(2)21/h3-6,9,13H,7-8H2,1-2H3,(H,17,21)(H,18,23). The molecule has 1 unspecified atom stereocenters. The molecule has 0 saturated heterocycles. The molecule has 24 heavy (non-hydrogen) atoms. The maximum atomic E-state index is 12.6. The summed E-state index contributed by atoms with van der Waals surface area (Å²) in [6, 6.07) is 6.96. The van der Waals surface area contributed by atoms with Gasteiger partial charge in [-0.1, -0.05) is 11.8 Å². The molecule has 0 aliphatic heterocycles. The van der Waals surface area contributed by atoms with Crippen LogP contribution >= 0.6 is 11.8 Å². The van der Waals surface area contributed by atoms with Crippen molar-refractivity contribution in [2.75, 3.05) is 5.32 Å². The third-order valence-corrected chi connectivity index (χ3v) is 4.79. The van der Waals surface area contributed by atoms with Gasteiger partial charge in [-0.15, -0.1) is 5.10 Å². The average Bonchev–Trinajstić information content (AvgIpc) is 3.31. The number of benzene rings is 1. The lowest BCUT2D eigenvalue weighted by atomic mass is 10.1. The fraction of sp³-hybridized carbons (Fsp3) is 0.375. The molecule has 2 aromatic rings. The third-order valence-electron chi connectivity index (χ3n) is 3.73. The van der Waals surface area contributed by atoms with Crippen LogP contribution in [-0.4, -0.2) is 31.7 Å². The minimum absolute atomic E-state index is 0.0489. The van der Waals surface area contributed by atoms with Crippen molar-refractivity contribution in [3.05, 3.63) is 40.3 Å². The molecule has 1 amide bonds. The van der Waals surface area contributed by atoms with Crippen molar-refractivity contribution in [2.45, 2.75) is 43.1 Å². The predicted octanol–water partition coefficient (Wildman–Crippen LogP) is 2.23. The number of amides is 1. The smallest absolute Gasteiger partial charge is 0.326 e. The highest BCUT2D eigenvalue weighted by Gasteiger charge is 2.30. The molecule has 0 radical (unpaired) electrons. The molecule has 1 fully saturated rings. The topological polar surface area (TPSA) is 96.8 Å². The molecule has 8 heteroatoms. The summed E-state index contributed by atoms with van der Waals surface area (Å²) in [5.74, 6) is -0.207. The van der Waals surface area contributed by atoms with Gasteiger partial charge in [0.25, 0.3) is 0 Å². The fourth-order valence-electron chi connectivity index (χ4n) is 2.40. The van der Waals surface area contributed by atoms with E-state index in [1.54, 1.807) is 35.8 Å². The Kier molecular flexibility index (Phi) is 4.57. The van der Waals surface area contributed by atoms with Crippen LogP contribution in [0.25, 0.3) is 0 Å². The van der Waals surface area contributed by atoms with E-state index in [1.807, 2.05) is 0 Å². The zero-order valence-corrected chi connectivity index (χ0v) is 14.2. The first-order valence-electron chi connectivity index (χ1n) is 7.71. The summed E-state index contributed by atoms with van der Waals surface area (Å²) in [5, 5.41) is 9.33. The molecular formula is C16H18N4O3S. The predicted molar refractivity (Wildman–Crippen MR) is 91.5 cm³/mol. The molecule has 126 valence electrons. The summed E-state index contributed by atoms with van der Waals surface area (Å²) in [5.41, 5.74) is 0.980. The monoisotopic (exact) mass is 346 g/mol. The van der Waals surface area contributed by atoms with E-state index in [4.69, 9.17) is 0 Å². The molecule has 1 aliphatic rings. The number of aromatic nitrogens is 3. The summed E-state index contributed by atoms with van der Waals surface area (Å²) in [7, 11) is 0. The van der Waals surface area contributed by atoms with Crippen LogP contribution in [0.4, 0.5) is 5.69 Å². The first kappa shape index (κ1) is 16.5. The molecule has 1 saturated carbocycles. The number of aromatic amines is 1. The van der Waals surface area contributed by atoms with Crippen LogP contribution in [0.15, 0.2) is 34.2 Å². The van der Waals surface area contributed by atoms with E-state index in [9.17, 15) is 14.4 Å². The van der Waals surface area contributed by atoms with Crippen molar-refractivity contribution in [1.29, 1.82) is 0 Å². The van der Waals surface area contributed by atoms with Gasteiger partial charge < -0.3 is 5.32 Å². The molecule has 1 aromatic heterocycles. The molecule has 1 aromatic carbocycles. The summed E-state index contributed by atoms with van der Waals surface area (Å²) in [6.07, 6.45) is 1.94. The van der Waals surface area contributed by atoms with Crippen molar-refractivity contribution in [3.8, 4) is 0 Å². The Morgan fingerprint density at radius 1 is 1.33 bits per heavy atom. The Morgan fingerprint density at radius 2 is 2.00 bits per heavy atom. The van der Waals surface area contributed by atoms with Gasteiger partial charge in [0.1, 0.15) is 0 Å². The van der Waals surface area contributed by atoms with E-state index in [2.05, 4.69) is 15.5 Å². The number of hydrogen-bond acceptors (Lipinski definition) is 5. The highest BCUT2D eigenvalue weighted by molar-refractivity contribution is 8.00. The van der Waals surface area contributed by atoms with Gasteiger partial charge in [0.05, 0.1) is 5.25 Å². The van der Waals surface area contributed by atoms with Crippen LogP contribution in [0.3, 0.4) is 0 Å². The lowest BCUT2D eigenvalue weighted by Gasteiger charge is -2.11. The molecule has 2 N–H and O–H groups in total. The second kappa shape index (κ2) is 6.64. The summed E-state index contributed by atoms with van der Waals surface area (Å²) in [4.78, 5) is 35.4. The van der Waals surface area contributed by atoms with E-state index in [-0.39, 0.29) is 28.7 Å². The van der Waals surface area contributed by atoms with Crippen molar-refractivity contribution in [1.82, 2.24) is 14.8 Å². The number of nitrogens with one attached hydrogen (secondary N) is 2. The zero-order valence-electron chi connectivity index (χ0n) is 13.4. The van der Waals surface area contributed by atoms with E-state index < -0.39 is 0 Å². The lowest BCUT2D eigenvalue weighted by molar-refractivity contribution is -0.114. The van der Waals surface area contributed by atoms with Crippen LogP contribution in [0.5, 0.6) is 0 Å². The molecular weight excluding hydrogens is 328 g/mol. The van der Waals surface area contributed by atoms with E-state index in [0.717, 1.165) is 12.8 Å². The summed E-state index contributed by atoms with van der Waals surface area (Å²) >= 11 is 1.28. The first-order chi connectivity index (χ1) is 11.5. The normalized spacial score (nSPS) is 15.1. The number of Topliss-reactive ketones (excluding diaryl/α,β-unsaturated/α-hetero) is 1. The summed E-state index contributed by atoms with van der Waals surface area (Å²) < 4.78 is 1.63. The van der Waals surface area contributed by atoms with E-state index in [0.29, 0.717) is 16.4 Å². The zero-order chi connectivity index (χ0) is 17.3.